The summed E-state index contributed by atoms with van der Waals surface area (Å²) in [6, 6.07) is 0. The summed E-state index contributed by atoms with van der Waals surface area (Å²) in [7, 11) is 0. The summed E-state index contributed by atoms with van der Waals surface area (Å²) in [6.07, 6.45) is 0.452. The molecule has 19 heavy (non-hydrogen) atoms. The van der Waals surface area contributed by atoms with Gasteiger partial charge in [0.05, 0.1) is 0 Å². The van der Waals surface area contributed by atoms with Gasteiger partial charge in [-0.1, -0.05) is 0 Å². The molecule has 0 aromatic heterocycles. The topological polar surface area (TPSA) is 87.3 Å². The molecule has 7 heteroatoms. The monoisotopic (exact) mass is 496 g/mol. The molecule has 2 saturated heterocycles. The third-order valence-electron chi connectivity index (χ3n) is 4.20. The number of nitrogens with one attached hydrogen (secondary N) is 3. The second-order valence-electron chi connectivity index (χ2n) is 5.54. The Labute approximate surface area is 133 Å². The first-order valence-electron chi connectivity index (χ1n) is 6.37. The Morgan fingerprint density at radius 2 is 2.26 bits per heavy atom. The van der Waals surface area contributed by atoms with Crippen LogP contribution in [0.3, 0.4) is 0 Å². The van der Waals surface area contributed by atoms with E-state index in [1.165, 1.54) is 0 Å². The minimum absolute atomic E-state index is 0.00882. The van der Waals surface area contributed by atoms with E-state index in [0.717, 1.165) is 13.0 Å². The van der Waals surface area contributed by atoms with Crippen LogP contribution in [0, 0.1) is 11.3 Å². The molecule has 2 aliphatic heterocycles. The van der Waals surface area contributed by atoms with E-state index in [9.17, 15) is 5.11 Å². The molecule has 2 rings (SSSR count). The first kappa shape index (κ1) is 16.2. The fourth-order valence-corrected chi connectivity index (χ4v) is 11.2. The zero-order valence-corrected chi connectivity index (χ0v) is 16.2. The maximum atomic E-state index is 9.73. The number of hydrogen-bond acceptors (Lipinski definition) is 5. The van der Waals surface area contributed by atoms with Crippen molar-refractivity contribution in [3.63, 3.8) is 0 Å². The number of aliphatic hydroxyl groups excluding tert-OH is 1. The Morgan fingerprint density at radius 3 is 2.68 bits per heavy atom. The number of alkyl halides is 4. The SMILES string of the molecule is CI(C)C(C)(C(=N)OCC1CCNC1O)C1(C)N[I-]1. The Bertz CT molecular complexity index is 363. The second kappa shape index (κ2) is 5.90. The molecule has 0 aromatic carbocycles. The van der Waals surface area contributed by atoms with Crippen molar-refractivity contribution in [1.29, 1.82) is 5.41 Å². The van der Waals surface area contributed by atoms with Crippen LogP contribution >= 0.6 is 19.8 Å². The number of rotatable bonds is 5. The van der Waals surface area contributed by atoms with Crippen LogP contribution in [-0.4, -0.2) is 47.2 Å². The third kappa shape index (κ3) is 3.04. The van der Waals surface area contributed by atoms with Gasteiger partial charge >= 0.3 is 134 Å². The molecule has 4 N–H and O–H groups in total. The molecular weight excluding hydrogens is 472 g/mol. The average Bonchev–Trinajstić information content (AvgIpc) is 2.98. The van der Waals surface area contributed by atoms with E-state index in [0.29, 0.717) is 12.5 Å². The van der Waals surface area contributed by atoms with E-state index in [-0.39, 0.29) is 34.4 Å². The van der Waals surface area contributed by atoms with Crippen LogP contribution < -0.4 is 30.3 Å². The minimum atomic E-state index is -1.25. The van der Waals surface area contributed by atoms with Crippen molar-refractivity contribution in [2.75, 3.05) is 23.0 Å². The van der Waals surface area contributed by atoms with Gasteiger partial charge in [0.2, 0.25) is 0 Å². The fraction of sp³-hybridized carbons (Fsp3) is 0.917. The zero-order valence-electron chi connectivity index (χ0n) is 11.9. The van der Waals surface area contributed by atoms with Gasteiger partial charge in [0, 0.05) is 0 Å². The van der Waals surface area contributed by atoms with Gasteiger partial charge in [-0.05, 0) is 0 Å². The number of aliphatic hydroxyl groups is 1. The van der Waals surface area contributed by atoms with Crippen LogP contribution in [-0.2, 0) is 4.74 Å². The predicted octanol–water partition coefficient (Wildman–Crippen LogP) is -2.24. The van der Waals surface area contributed by atoms with Crippen LogP contribution in [0.1, 0.15) is 20.3 Å². The summed E-state index contributed by atoms with van der Waals surface area (Å²) < 4.78 is 9.35. The third-order valence-corrected chi connectivity index (χ3v) is 14.4. The van der Waals surface area contributed by atoms with E-state index in [1.54, 1.807) is 0 Å². The quantitative estimate of drug-likeness (QED) is 0.0660. The van der Waals surface area contributed by atoms with Crippen molar-refractivity contribution in [2.24, 2.45) is 5.92 Å². The normalized spacial score (nSPS) is 38.1. The summed E-state index contributed by atoms with van der Waals surface area (Å²) in [5, 5.41) is 21.1. The number of hydrogen-bond donors (Lipinski definition) is 4. The maximum absolute atomic E-state index is 9.73. The van der Waals surface area contributed by atoms with E-state index < -0.39 is 26.0 Å². The number of ether oxygens (including phenoxy) is 1. The first-order chi connectivity index (χ1) is 8.81. The van der Waals surface area contributed by atoms with Crippen molar-refractivity contribution in [3.8, 4) is 0 Å². The molecule has 2 aliphatic rings. The van der Waals surface area contributed by atoms with Gasteiger partial charge in [-0.25, -0.2) is 0 Å². The van der Waals surface area contributed by atoms with Gasteiger partial charge in [0.1, 0.15) is 0 Å². The van der Waals surface area contributed by atoms with Gasteiger partial charge in [-0.2, -0.15) is 0 Å². The molecule has 4 atom stereocenters. The summed E-state index contributed by atoms with van der Waals surface area (Å²) in [4.78, 5) is 4.62. The molecule has 0 spiro atoms. The molecule has 5 nitrogen and oxygen atoms in total. The van der Waals surface area contributed by atoms with Crippen LogP contribution in [0.15, 0.2) is 0 Å². The average molecular weight is 496 g/mol. The van der Waals surface area contributed by atoms with Crippen LogP contribution in [0.5, 0.6) is 0 Å². The summed E-state index contributed by atoms with van der Waals surface area (Å²) in [5.74, 6) is 0.559. The molecule has 114 valence electrons. The van der Waals surface area contributed by atoms with Crippen molar-refractivity contribution in [3.05, 3.63) is 0 Å². The van der Waals surface area contributed by atoms with Crippen molar-refractivity contribution in [1.82, 2.24) is 8.85 Å². The Hall–Kier alpha value is 0.810. The van der Waals surface area contributed by atoms with E-state index in [4.69, 9.17) is 10.1 Å². The number of halogens is 2. The summed E-state index contributed by atoms with van der Waals surface area (Å²) in [6.45, 7) is 5.73. The van der Waals surface area contributed by atoms with Gasteiger partial charge in [-0.3, -0.25) is 0 Å². The standard InChI is InChI=1S/C12H24I2N3O2/c1-11(14(3)4,12(2)13-17-12)10(15)19-7-8-5-6-16-9(8)18/h8-9,15-18H,5-7H2,1-4H3/q-1. The summed E-state index contributed by atoms with van der Waals surface area (Å²) >= 11 is -1.24. The van der Waals surface area contributed by atoms with Gasteiger partial charge in [-0.15, -0.1) is 0 Å². The van der Waals surface area contributed by atoms with E-state index in [1.807, 2.05) is 0 Å². The second-order valence-corrected chi connectivity index (χ2v) is 15.2. The van der Waals surface area contributed by atoms with Crippen molar-refractivity contribution < 1.29 is 31.3 Å². The van der Waals surface area contributed by atoms with Crippen molar-refractivity contribution in [2.45, 2.75) is 33.5 Å². The van der Waals surface area contributed by atoms with Crippen LogP contribution in [0.25, 0.3) is 0 Å². The molecule has 0 saturated carbocycles. The van der Waals surface area contributed by atoms with Crippen molar-refractivity contribution >= 4 is 25.7 Å². The Kier molecular flexibility index (Phi) is 5.02. The van der Waals surface area contributed by atoms with E-state index >= 15 is 0 Å². The Morgan fingerprint density at radius 1 is 1.63 bits per heavy atom. The van der Waals surface area contributed by atoms with Gasteiger partial charge in [0.25, 0.3) is 0 Å². The molecule has 0 bridgehead atoms. The van der Waals surface area contributed by atoms with Gasteiger partial charge in [0.15, 0.2) is 0 Å². The predicted molar refractivity (Wildman–Crippen MR) is 81.6 cm³/mol. The Balaban J connectivity index is 1.97. The van der Waals surface area contributed by atoms with Crippen LogP contribution in [0.2, 0.25) is 0 Å². The fourth-order valence-electron chi connectivity index (χ4n) is 2.23. The zero-order chi connectivity index (χ0) is 14.3. The molecule has 4 unspecified atom stereocenters. The summed E-state index contributed by atoms with van der Waals surface area (Å²) in [5.41, 5.74) is 0. The van der Waals surface area contributed by atoms with Crippen LogP contribution in [0.4, 0.5) is 0 Å². The molecule has 0 aromatic rings. The van der Waals surface area contributed by atoms with E-state index in [2.05, 4.69) is 32.6 Å². The molecule has 2 fully saturated rings. The molecule has 2 heterocycles. The molecule has 0 radical (unpaired) electrons. The molecular formula is C12H24I2N3O2-. The molecule has 0 amide bonds. The molecule has 0 aliphatic carbocycles. The van der Waals surface area contributed by atoms with Gasteiger partial charge < -0.3 is 0 Å². The first-order valence-corrected chi connectivity index (χ1v) is 13.9.